The van der Waals surface area contributed by atoms with Crippen LogP contribution in [-0.2, 0) is 18.9 Å². The SMILES string of the molecule is CN1C(O)C(C#N)=C[C@]2(C)c3nn(C)c(-c4ccccc4)c3CC[C@@H]12. The van der Waals surface area contributed by atoms with Crippen LogP contribution in [0.5, 0.6) is 0 Å². The first-order valence-corrected chi connectivity index (χ1v) is 8.62. The highest BCUT2D eigenvalue weighted by molar-refractivity contribution is 5.66. The lowest BCUT2D eigenvalue weighted by atomic mass is 9.67. The molecule has 25 heavy (non-hydrogen) atoms. The summed E-state index contributed by atoms with van der Waals surface area (Å²) in [5.41, 5.74) is 4.62. The first kappa shape index (κ1) is 16.1. The number of aliphatic hydroxyl groups is 1. The van der Waals surface area contributed by atoms with E-state index in [0.717, 1.165) is 29.8 Å². The van der Waals surface area contributed by atoms with Gasteiger partial charge in [0.15, 0.2) is 0 Å². The molecule has 2 aromatic rings. The zero-order valence-corrected chi connectivity index (χ0v) is 14.8. The number of benzene rings is 1. The summed E-state index contributed by atoms with van der Waals surface area (Å²) in [6, 6.07) is 12.6. The lowest BCUT2D eigenvalue weighted by Crippen LogP contribution is -2.56. The summed E-state index contributed by atoms with van der Waals surface area (Å²) in [4.78, 5) is 1.92. The smallest absolute Gasteiger partial charge is 0.143 e. The highest BCUT2D eigenvalue weighted by Gasteiger charge is 2.49. The summed E-state index contributed by atoms with van der Waals surface area (Å²) in [7, 11) is 3.87. The van der Waals surface area contributed by atoms with Crippen molar-refractivity contribution in [2.24, 2.45) is 7.05 Å². The maximum atomic E-state index is 10.4. The fourth-order valence-corrected chi connectivity index (χ4v) is 4.60. The second-order valence-electron chi connectivity index (χ2n) is 7.25. The molecule has 3 atom stereocenters. The summed E-state index contributed by atoms with van der Waals surface area (Å²) in [6.07, 6.45) is 2.95. The Hall–Kier alpha value is -2.42. The first-order chi connectivity index (χ1) is 12.0. The molecular weight excluding hydrogens is 312 g/mol. The Bertz CT molecular complexity index is 892. The van der Waals surface area contributed by atoms with Crippen LogP contribution in [0.4, 0.5) is 0 Å². The number of rotatable bonds is 1. The lowest BCUT2D eigenvalue weighted by molar-refractivity contribution is -0.0114. The molecule has 4 rings (SSSR count). The Morgan fingerprint density at radius 2 is 2.00 bits per heavy atom. The molecule has 128 valence electrons. The van der Waals surface area contributed by atoms with Gasteiger partial charge in [0, 0.05) is 29.6 Å². The molecule has 1 aromatic carbocycles. The number of fused-ring (bicyclic) bond motifs is 3. The zero-order chi connectivity index (χ0) is 17.8. The van der Waals surface area contributed by atoms with E-state index in [4.69, 9.17) is 5.10 Å². The highest BCUT2D eigenvalue weighted by atomic mass is 16.3. The lowest BCUT2D eigenvalue weighted by Gasteiger charge is -2.48. The number of hydrogen-bond donors (Lipinski definition) is 1. The van der Waals surface area contributed by atoms with Gasteiger partial charge < -0.3 is 5.11 Å². The van der Waals surface area contributed by atoms with Gasteiger partial charge in [-0.25, -0.2) is 0 Å². The van der Waals surface area contributed by atoms with Crippen molar-refractivity contribution in [3.05, 3.63) is 53.2 Å². The van der Waals surface area contributed by atoms with Crippen LogP contribution >= 0.6 is 0 Å². The van der Waals surface area contributed by atoms with Gasteiger partial charge in [-0.15, -0.1) is 0 Å². The van der Waals surface area contributed by atoms with Crippen LogP contribution in [0, 0.1) is 11.3 Å². The van der Waals surface area contributed by atoms with Crippen LogP contribution in [0.25, 0.3) is 11.3 Å². The van der Waals surface area contributed by atoms with E-state index in [1.807, 2.05) is 48.0 Å². The third-order valence-electron chi connectivity index (χ3n) is 5.80. The van der Waals surface area contributed by atoms with Crippen molar-refractivity contribution in [3.63, 3.8) is 0 Å². The average molecular weight is 334 g/mol. The molecule has 1 aliphatic carbocycles. The fraction of sp³-hybridized carbons (Fsp3) is 0.400. The van der Waals surface area contributed by atoms with E-state index in [0.29, 0.717) is 5.57 Å². The van der Waals surface area contributed by atoms with Crippen LogP contribution in [0.2, 0.25) is 0 Å². The second kappa shape index (κ2) is 5.55. The van der Waals surface area contributed by atoms with Gasteiger partial charge in [0.25, 0.3) is 0 Å². The molecule has 1 unspecified atom stereocenters. The number of aryl methyl sites for hydroxylation is 1. The molecular formula is C20H22N4O. The molecule has 5 nitrogen and oxygen atoms in total. The Balaban J connectivity index is 1.93. The standard InChI is InChI=1S/C20H22N4O/c1-20-11-14(12-21)19(25)23(2)16(20)10-9-15-17(24(3)22-18(15)20)13-7-5-4-6-8-13/h4-8,11,16,19,25H,9-10H2,1-3H3/t16-,19?,20+/m1/s1. The Kier molecular flexibility index (Phi) is 3.57. The van der Waals surface area contributed by atoms with E-state index in [-0.39, 0.29) is 11.5 Å². The van der Waals surface area contributed by atoms with Gasteiger partial charge in [-0.3, -0.25) is 9.58 Å². The average Bonchev–Trinajstić information content (AvgIpc) is 2.96. The van der Waals surface area contributed by atoms with Crippen LogP contribution in [0.3, 0.4) is 0 Å². The van der Waals surface area contributed by atoms with Gasteiger partial charge in [-0.2, -0.15) is 10.4 Å². The van der Waals surface area contributed by atoms with Crippen LogP contribution in [0.1, 0.15) is 24.6 Å². The second-order valence-corrected chi connectivity index (χ2v) is 7.25. The molecule has 0 spiro atoms. The summed E-state index contributed by atoms with van der Waals surface area (Å²) < 4.78 is 1.96. The van der Waals surface area contributed by atoms with E-state index in [1.54, 1.807) is 0 Å². The molecule has 2 aliphatic rings. The van der Waals surface area contributed by atoms with Gasteiger partial charge in [0.1, 0.15) is 6.23 Å². The fourth-order valence-electron chi connectivity index (χ4n) is 4.60. The van der Waals surface area contributed by atoms with Crippen molar-refractivity contribution < 1.29 is 5.11 Å². The van der Waals surface area contributed by atoms with Crippen LogP contribution < -0.4 is 0 Å². The normalized spacial score (nSPS) is 28.7. The minimum Gasteiger partial charge on any atom is -0.373 e. The maximum absolute atomic E-state index is 10.4. The molecule has 1 N–H and O–H groups in total. The zero-order valence-electron chi connectivity index (χ0n) is 14.8. The van der Waals surface area contributed by atoms with Crippen molar-refractivity contribution >= 4 is 0 Å². The van der Waals surface area contributed by atoms with Gasteiger partial charge in [-0.1, -0.05) is 36.4 Å². The largest absolute Gasteiger partial charge is 0.373 e. The minimum atomic E-state index is -0.832. The summed E-state index contributed by atoms with van der Waals surface area (Å²) >= 11 is 0. The third kappa shape index (κ3) is 2.18. The van der Waals surface area contributed by atoms with E-state index < -0.39 is 6.23 Å². The van der Waals surface area contributed by atoms with Crippen molar-refractivity contribution in [1.29, 1.82) is 5.26 Å². The third-order valence-corrected chi connectivity index (χ3v) is 5.80. The molecule has 0 radical (unpaired) electrons. The quantitative estimate of drug-likeness (QED) is 0.869. The minimum absolute atomic E-state index is 0.130. The molecule has 1 aliphatic heterocycles. The topological polar surface area (TPSA) is 65.1 Å². The van der Waals surface area contributed by atoms with Crippen LogP contribution in [0.15, 0.2) is 42.0 Å². The molecule has 5 heteroatoms. The molecule has 0 fully saturated rings. The van der Waals surface area contributed by atoms with E-state index in [9.17, 15) is 10.4 Å². The van der Waals surface area contributed by atoms with Gasteiger partial charge >= 0.3 is 0 Å². The Labute approximate surface area is 147 Å². The summed E-state index contributed by atoms with van der Waals surface area (Å²) in [6.45, 7) is 2.14. The molecule has 2 heterocycles. The van der Waals surface area contributed by atoms with Gasteiger partial charge in [-0.05, 0) is 26.8 Å². The number of nitrogens with zero attached hydrogens (tertiary/aromatic N) is 4. The summed E-state index contributed by atoms with van der Waals surface area (Å²) in [5, 5.41) is 24.7. The van der Waals surface area contributed by atoms with E-state index >= 15 is 0 Å². The van der Waals surface area contributed by atoms with Crippen molar-refractivity contribution in [2.75, 3.05) is 7.05 Å². The molecule has 1 aromatic heterocycles. The Morgan fingerprint density at radius 3 is 2.68 bits per heavy atom. The monoisotopic (exact) mass is 334 g/mol. The first-order valence-electron chi connectivity index (χ1n) is 8.62. The highest BCUT2D eigenvalue weighted by Crippen LogP contribution is 2.46. The number of likely N-dealkylation sites (N-methyl/N-ethyl adjacent to an activating group) is 1. The molecule has 0 amide bonds. The van der Waals surface area contributed by atoms with Crippen molar-refractivity contribution in [2.45, 2.75) is 37.5 Å². The van der Waals surface area contributed by atoms with Crippen molar-refractivity contribution in [3.8, 4) is 17.3 Å². The molecule has 0 bridgehead atoms. The van der Waals surface area contributed by atoms with Gasteiger partial charge in [0.2, 0.25) is 0 Å². The maximum Gasteiger partial charge on any atom is 0.143 e. The molecule has 0 saturated carbocycles. The van der Waals surface area contributed by atoms with E-state index in [2.05, 4.69) is 25.1 Å². The summed E-state index contributed by atoms with van der Waals surface area (Å²) in [5.74, 6) is 0. The van der Waals surface area contributed by atoms with Gasteiger partial charge in [0.05, 0.1) is 23.0 Å². The number of aromatic nitrogens is 2. The predicted octanol–water partition coefficient (Wildman–Crippen LogP) is 2.37. The van der Waals surface area contributed by atoms with Crippen molar-refractivity contribution in [1.82, 2.24) is 14.7 Å². The van der Waals surface area contributed by atoms with Crippen LogP contribution in [-0.4, -0.2) is 39.1 Å². The number of hydrogen-bond acceptors (Lipinski definition) is 4. The number of nitriles is 1. The predicted molar refractivity (Wildman–Crippen MR) is 95.6 cm³/mol. The molecule has 0 saturated heterocycles. The Morgan fingerprint density at radius 1 is 1.28 bits per heavy atom. The number of aliphatic hydroxyl groups excluding tert-OH is 1. The van der Waals surface area contributed by atoms with E-state index in [1.165, 1.54) is 5.56 Å².